The summed E-state index contributed by atoms with van der Waals surface area (Å²) in [4.78, 5) is 4.95. The summed E-state index contributed by atoms with van der Waals surface area (Å²) in [6.07, 6.45) is 2.44. The predicted molar refractivity (Wildman–Crippen MR) is 88.5 cm³/mol. The van der Waals surface area contributed by atoms with Crippen LogP contribution in [0, 0.1) is 13.8 Å². The van der Waals surface area contributed by atoms with E-state index in [0.29, 0.717) is 6.04 Å². The Bertz CT molecular complexity index is 685. The van der Waals surface area contributed by atoms with E-state index in [1.807, 2.05) is 0 Å². The molecule has 1 aromatic heterocycles. The highest BCUT2D eigenvalue weighted by atomic mass is 15.2. The van der Waals surface area contributed by atoms with Crippen molar-refractivity contribution in [1.82, 2.24) is 9.55 Å². The Labute approximate surface area is 127 Å². The Kier molecular flexibility index (Phi) is 3.12. The molecule has 0 bridgehead atoms. The number of aromatic nitrogens is 2. The summed E-state index contributed by atoms with van der Waals surface area (Å²) in [6.45, 7) is 10.9. The van der Waals surface area contributed by atoms with Crippen LogP contribution >= 0.6 is 0 Å². The van der Waals surface area contributed by atoms with Gasteiger partial charge in [0, 0.05) is 17.0 Å². The maximum atomic E-state index is 6.49. The highest BCUT2D eigenvalue weighted by Crippen LogP contribution is 2.43. The van der Waals surface area contributed by atoms with E-state index in [1.54, 1.807) is 0 Å². The summed E-state index contributed by atoms with van der Waals surface area (Å²) in [6, 6.07) is 7.03. The maximum absolute atomic E-state index is 6.49. The van der Waals surface area contributed by atoms with E-state index in [-0.39, 0.29) is 5.41 Å². The Morgan fingerprint density at radius 2 is 1.86 bits per heavy atom. The minimum atomic E-state index is 0.00664. The first kappa shape index (κ1) is 14.2. The molecule has 3 nitrogen and oxygen atoms in total. The van der Waals surface area contributed by atoms with Crippen LogP contribution in [0.1, 0.15) is 56.6 Å². The summed E-state index contributed by atoms with van der Waals surface area (Å²) in [5, 5.41) is 0. The summed E-state index contributed by atoms with van der Waals surface area (Å²) >= 11 is 0. The van der Waals surface area contributed by atoms with Gasteiger partial charge >= 0.3 is 0 Å². The average Bonchev–Trinajstić information content (AvgIpc) is 3.15. The van der Waals surface area contributed by atoms with Crippen molar-refractivity contribution in [3.63, 3.8) is 0 Å². The van der Waals surface area contributed by atoms with Gasteiger partial charge in [0.1, 0.15) is 17.3 Å². The van der Waals surface area contributed by atoms with Crippen molar-refractivity contribution in [3.05, 3.63) is 35.2 Å². The highest BCUT2D eigenvalue weighted by Gasteiger charge is 2.34. The molecule has 0 saturated heterocycles. The SMILES string of the molecule is Cc1ccc(C)c(-c2nc(C(C)(C)C)n(C3CC3)c2N)c1. The number of benzene rings is 1. The third kappa shape index (κ3) is 2.45. The molecule has 1 fully saturated rings. The molecule has 1 aliphatic rings. The van der Waals surface area contributed by atoms with Crippen molar-refractivity contribution >= 4 is 5.82 Å². The van der Waals surface area contributed by atoms with Gasteiger partial charge in [-0.25, -0.2) is 4.98 Å². The molecular weight excluding hydrogens is 258 g/mol. The van der Waals surface area contributed by atoms with E-state index in [0.717, 1.165) is 22.9 Å². The first-order chi connectivity index (χ1) is 9.79. The lowest BCUT2D eigenvalue weighted by molar-refractivity contribution is 0.504. The van der Waals surface area contributed by atoms with Gasteiger partial charge in [-0.1, -0.05) is 38.5 Å². The van der Waals surface area contributed by atoms with Gasteiger partial charge in [-0.15, -0.1) is 0 Å². The van der Waals surface area contributed by atoms with Gasteiger partial charge in [-0.3, -0.25) is 0 Å². The lowest BCUT2D eigenvalue weighted by Crippen LogP contribution is -2.19. The van der Waals surface area contributed by atoms with E-state index >= 15 is 0 Å². The molecule has 1 aliphatic carbocycles. The van der Waals surface area contributed by atoms with E-state index in [1.165, 1.54) is 24.0 Å². The third-order valence-corrected chi connectivity index (χ3v) is 4.18. The van der Waals surface area contributed by atoms with E-state index in [4.69, 9.17) is 10.7 Å². The Morgan fingerprint density at radius 3 is 2.43 bits per heavy atom. The number of nitrogens with two attached hydrogens (primary N) is 1. The molecule has 1 aromatic carbocycles. The van der Waals surface area contributed by atoms with Gasteiger partial charge in [0.2, 0.25) is 0 Å². The average molecular weight is 283 g/mol. The number of hydrogen-bond acceptors (Lipinski definition) is 2. The molecule has 0 aliphatic heterocycles. The largest absolute Gasteiger partial charge is 0.383 e. The fraction of sp³-hybridized carbons (Fsp3) is 0.500. The fourth-order valence-corrected chi connectivity index (χ4v) is 2.87. The molecule has 1 saturated carbocycles. The molecule has 0 spiro atoms. The maximum Gasteiger partial charge on any atom is 0.132 e. The van der Waals surface area contributed by atoms with Gasteiger partial charge < -0.3 is 10.3 Å². The second kappa shape index (κ2) is 4.62. The van der Waals surface area contributed by atoms with Crippen LogP contribution in [0.15, 0.2) is 18.2 Å². The molecule has 21 heavy (non-hydrogen) atoms. The minimum absolute atomic E-state index is 0.00664. The van der Waals surface area contributed by atoms with Crippen molar-refractivity contribution in [2.75, 3.05) is 5.73 Å². The quantitative estimate of drug-likeness (QED) is 0.888. The van der Waals surface area contributed by atoms with E-state index < -0.39 is 0 Å². The Balaban J connectivity index is 2.22. The van der Waals surface area contributed by atoms with Crippen LogP contribution in [0.4, 0.5) is 5.82 Å². The van der Waals surface area contributed by atoms with Gasteiger partial charge in [0.15, 0.2) is 0 Å². The molecule has 112 valence electrons. The van der Waals surface area contributed by atoms with Gasteiger partial charge in [0.25, 0.3) is 0 Å². The van der Waals surface area contributed by atoms with E-state index in [9.17, 15) is 0 Å². The first-order valence-corrected chi connectivity index (χ1v) is 7.75. The second-order valence-electron chi connectivity index (χ2n) is 7.34. The lowest BCUT2D eigenvalue weighted by Gasteiger charge is -2.20. The van der Waals surface area contributed by atoms with Crippen molar-refractivity contribution < 1.29 is 0 Å². The Hall–Kier alpha value is -1.77. The van der Waals surface area contributed by atoms with E-state index in [2.05, 4.69) is 57.4 Å². The topological polar surface area (TPSA) is 43.8 Å². The zero-order chi connectivity index (χ0) is 15.4. The molecule has 0 atom stereocenters. The molecule has 2 aromatic rings. The predicted octanol–water partition coefficient (Wildman–Crippen LogP) is 4.38. The molecule has 2 N–H and O–H groups in total. The number of anilines is 1. The molecule has 0 radical (unpaired) electrons. The van der Waals surface area contributed by atoms with Crippen LogP contribution in [0.25, 0.3) is 11.3 Å². The molecule has 3 rings (SSSR count). The number of imidazole rings is 1. The number of hydrogen-bond donors (Lipinski definition) is 1. The van der Waals surface area contributed by atoms with Crippen molar-refractivity contribution in [1.29, 1.82) is 0 Å². The molecule has 0 amide bonds. The summed E-state index contributed by atoms with van der Waals surface area (Å²) in [7, 11) is 0. The van der Waals surface area contributed by atoms with Crippen LogP contribution in [0.2, 0.25) is 0 Å². The molecular formula is C18H25N3. The standard InChI is InChI=1S/C18H25N3/c1-11-6-7-12(2)14(10-11)15-16(19)21(13-8-9-13)17(20-15)18(3,4)5/h6-7,10,13H,8-9,19H2,1-5H3. The monoisotopic (exact) mass is 283 g/mol. The highest BCUT2D eigenvalue weighted by molar-refractivity contribution is 5.74. The lowest BCUT2D eigenvalue weighted by atomic mass is 9.95. The fourth-order valence-electron chi connectivity index (χ4n) is 2.87. The first-order valence-electron chi connectivity index (χ1n) is 7.75. The molecule has 0 unspecified atom stereocenters. The molecule has 1 heterocycles. The van der Waals surface area contributed by atoms with Crippen LogP contribution in [0.5, 0.6) is 0 Å². The van der Waals surface area contributed by atoms with Gasteiger partial charge in [0.05, 0.1) is 0 Å². The van der Waals surface area contributed by atoms with Crippen molar-refractivity contribution in [2.45, 2.75) is 58.9 Å². The van der Waals surface area contributed by atoms with Gasteiger partial charge in [-0.05, 0) is 38.3 Å². The number of rotatable bonds is 2. The zero-order valence-electron chi connectivity index (χ0n) is 13.7. The molecule has 3 heteroatoms. The normalized spacial score (nSPS) is 15.5. The summed E-state index contributed by atoms with van der Waals surface area (Å²) < 4.78 is 2.27. The van der Waals surface area contributed by atoms with Crippen LogP contribution in [-0.2, 0) is 5.41 Å². The smallest absolute Gasteiger partial charge is 0.132 e. The second-order valence-corrected chi connectivity index (χ2v) is 7.34. The zero-order valence-corrected chi connectivity index (χ0v) is 13.7. The van der Waals surface area contributed by atoms with Crippen LogP contribution in [0.3, 0.4) is 0 Å². The third-order valence-electron chi connectivity index (χ3n) is 4.18. The van der Waals surface area contributed by atoms with Crippen molar-refractivity contribution in [3.8, 4) is 11.3 Å². The van der Waals surface area contributed by atoms with Crippen LogP contribution < -0.4 is 5.73 Å². The minimum Gasteiger partial charge on any atom is -0.383 e. The number of aryl methyl sites for hydroxylation is 2. The summed E-state index contributed by atoms with van der Waals surface area (Å²) in [5.74, 6) is 1.94. The van der Waals surface area contributed by atoms with Crippen LogP contribution in [-0.4, -0.2) is 9.55 Å². The van der Waals surface area contributed by atoms with Gasteiger partial charge in [-0.2, -0.15) is 0 Å². The number of nitrogens with zero attached hydrogens (tertiary/aromatic N) is 2. The number of nitrogen functional groups attached to an aromatic ring is 1. The Morgan fingerprint density at radius 1 is 1.19 bits per heavy atom. The summed E-state index contributed by atoms with van der Waals surface area (Å²) in [5.41, 5.74) is 11.1. The van der Waals surface area contributed by atoms with Crippen molar-refractivity contribution in [2.24, 2.45) is 0 Å².